The van der Waals surface area contributed by atoms with Crippen molar-refractivity contribution in [1.29, 1.82) is 0 Å². The zero-order valence-corrected chi connectivity index (χ0v) is 13.3. The fourth-order valence-corrected chi connectivity index (χ4v) is 3.41. The summed E-state index contributed by atoms with van der Waals surface area (Å²) in [5, 5.41) is 6.96. The Kier molecular flexibility index (Phi) is 4.47. The van der Waals surface area contributed by atoms with Crippen molar-refractivity contribution in [3.63, 3.8) is 0 Å². The normalized spacial score (nSPS) is 22.8. The van der Waals surface area contributed by atoms with E-state index >= 15 is 0 Å². The number of nitrogens with two attached hydrogens (primary N) is 1. The summed E-state index contributed by atoms with van der Waals surface area (Å²) in [6.07, 6.45) is 9.64. The van der Waals surface area contributed by atoms with E-state index in [2.05, 4.69) is 15.5 Å². The van der Waals surface area contributed by atoms with Gasteiger partial charge in [0, 0.05) is 6.42 Å². The van der Waals surface area contributed by atoms with Gasteiger partial charge in [0.05, 0.1) is 5.54 Å². The minimum absolute atomic E-state index is 0.0743. The van der Waals surface area contributed by atoms with Crippen molar-refractivity contribution < 1.29 is 9.32 Å². The molecule has 0 spiro atoms. The predicted octanol–water partition coefficient (Wildman–Crippen LogP) is 2.56. The van der Waals surface area contributed by atoms with Gasteiger partial charge >= 0.3 is 0 Å². The second-order valence-electron chi connectivity index (χ2n) is 6.96. The van der Waals surface area contributed by atoms with E-state index in [1.165, 1.54) is 32.1 Å². The maximum absolute atomic E-state index is 12.1. The summed E-state index contributed by atoms with van der Waals surface area (Å²) < 4.78 is 5.28. The van der Waals surface area contributed by atoms with Crippen LogP contribution in [0.1, 0.15) is 82.5 Å². The van der Waals surface area contributed by atoms with E-state index in [1.54, 1.807) is 0 Å². The standard InChI is InChI=1S/C16H26N4O2/c1-11(18-13(21)10-12-6-3-2-4-7-12)14-19-15(20-22-14)16(17)8-5-9-16/h11-12H,2-10,17H2,1H3,(H,18,21). The highest BCUT2D eigenvalue weighted by atomic mass is 16.5. The number of rotatable bonds is 5. The molecule has 1 unspecified atom stereocenters. The second kappa shape index (κ2) is 6.36. The molecule has 22 heavy (non-hydrogen) atoms. The molecule has 3 N–H and O–H groups in total. The van der Waals surface area contributed by atoms with Gasteiger partial charge in [0.1, 0.15) is 6.04 Å². The van der Waals surface area contributed by atoms with Gasteiger partial charge in [0.2, 0.25) is 11.8 Å². The van der Waals surface area contributed by atoms with E-state index in [-0.39, 0.29) is 11.9 Å². The van der Waals surface area contributed by atoms with Gasteiger partial charge in [-0.2, -0.15) is 4.98 Å². The van der Waals surface area contributed by atoms with Crippen LogP contribution in [0, 0.1) is 5.92 Å². The van der Waals surface area contributed by atoms with Crippen LogP contribution < -0.4 is 11.1 Å². The third-order valence-electron chi connectivity index (χ3n) is 5.08. The zero-order valence-electron chi connectivity index (χ0n) is 13.3. The van der Waals surface area contributed by atoms with Gasteiger partial charge in [-0.25, -0.2) is 0 Å². The van der Waals surface area contributed by atoms with Crippen LogP contribution in [0.4, 0.5) is 0 Å². The Labute approximate surface area is 131 Å². The molecule has 2 fully saturated rings. The average Bonchev–Trinajstić information content (AvgIpc) is 2.96. The van der Waals surface area contributed by atoms with Crippen LogP contribution in [0.25, 0.3) is 0 Å². The molecule has 0 bridgehead atoms. The minimum atomic E-state index is -0.423. The Morgan fingerprint density at radius 1 is 1.36 bits per heavy atom. The highest BCUT2D eigenvalue weighted by molar-refractivity contribution is 5.76. The lowest BCUT2D eigenvalue weighted by Gasteiger charge is -2.34. The maximum atomic E-state index is 12.1. The van der Waals surface area contributed by atoms with Gasteiger partial charge in [-0.3, -0.25) is 4.79 Å². The molecular weight excluding hydrogens is 280 g/mol. The summed E-state index contributed by atoms with van der Waals surface area (Å²) in [7, 11) is 0. The first-order valence-electron chi connectivity index (χ1n) is 8.49. The fourth-order valence-electron chi connectivity index (χ4n) is 3.41. The average molecular weight is 306 g/mol. The van der Waals surface area contributed by atoms with Gasteiger partial charge in [-0.15, -0.1) is 0 Å². The molecule has 0 radical (unpaired) electrons. The smallest absolute Gasteiger partial charge is 0.248 e. The molecule has 3 rings (SSSR count). The third kappa shape index (κ3) is 3.32. The molecule has 6 nitrogen and oxygen atoms in total. The number of hydrogen-bond acceptors (Lipinski definition) is 5. The summed E-state index contributed by atoms with van der Waals surface area (Å²) in [4.78, 5) is 16.5. The topological polar surface area (TPSA) is 94.0 Å². The van der Waals surface area contributed by atoms with Crippen molar-refractivity contribution in [2.45, 2.75) is 76.3 Å². The molecule has 122 valence electrons. The van der Waals surface area contributed by atoms with Crippen LogP contribution in [0.15, 0.2) is 4.52 Å². The lowest BCUT2D eigenvalue weighted by atomic mass is 9.77. The molecule has 0 aromatic carbocycles. The molecule has 0 saturated heterocycles. The first-order valence-corrected chi connectivity index (χ1v) is 8.49. The lowest BCUT2D eigenvalue weighted by Crippen LogP contribution is -2.44. The predicted molar refractivity (Wildman–Crippen MR) is 81.8 cm³/mol. The van der Waals surface area contributed by atoms with Crippen LogP contribution in [0.3, 0.4) is 0 Å². The van der Waals surface area contributed by atoms with Gasteiger partial charge in [0.15, 0.2) is 5.82 Å². The lowest BCUT2D eigenvalue weighted by molar-refractivity contribution is -0.123. The summed E-state index contributed by atoms with van der Waals surface area (Å²) in [5.74, 6) is 1.62. The van der Waals surface area contributed by atoms with Crippen molar-refractivity contribution in [1.82, 2.24) is 15.5 Å². The van der Waals surface area contributed by atoms with E-state index in [0.717, 1.165) is 19.3 Å². The third-order valence-corrected chi connectivity index (χ3v) is 5.08. The number of carbonyl (C=O) groups excluding carboxylic acids is 1. The summed E-state index contributed by atoms with van der Waals surface area (Å²) in [6.45, 7) is 1.88. The Morgan fingerprint density at radius 3 is 2.73 bits per heavy atom. The molecule has 2 aliphatic carbocycles. The minimum Gasteiger partial charge on any atom is -0.345 e. The monoisotopic (exact) mass is 306 g/mol. The molecule has 2 saturated carbocycles. The first-order chi connectivity index (χ1) is 10.6. The molecule has 6 heteroatoms. The van der Waals surface area contributed by atoms with E-state index in [0.29, 0.717) is 24.1 Å². The number of hydrogen-bond donors (Lipinski definition) is 2. The Morgan fingerprint density at radius 2 is 2.09 bits per heavy atom. The van der Waals surface area contributed by atoms with E-state index in [4.69, 9.17) is 10.3 Å². The molecule has 1 aromatic heterocycles. The first kappa shape index (κ1) is 15.5. The number of nitrogens with one attached hydrogen (secondary N) is 1. The highest BCUT2D eigenvalue weighted by Gasteiger charge is 2.39. The Hall–Kier alpha value is -1.43. The largest absolute Gasteiger partial charge is 0.345 e. The van der Waals surface area contributed by atoms with Crippen molar-refractivity contribution in [3.05, 3.63) is 11.7 Å². The van der Waals surface area contributed by atoms with Crippen LogP contribution >= 0.6 is 0 Å². The number of amides is 1. The maximum Gasteiger partial charge on any atom is 0.248 e. The number of nitrogens with zero attached hydrogens (tertiary/aromatic N) is 2. The molecule has 1 aromatic rings. The van der Waals surface area contributed by atoms with E-state index < -0.39 is 5.54 Å². The van der Waals surface area contributed by atoms with Crippen LogP contribution in [0.5, 0.6) is 0 Å². The van der Waals surface area contributed by atoms with Crippen LogP contribution in [0.2, 0.25) is 0 Å². The molecular formula is C16H26N4O2. The number of aromatic nitrogens is 2. The van der Waals surface area contributed by atoms with Crippen LogP contribution in [-0.4, -0.2) is 16.0 Å². The van der Waals surface area contributed by atoms with E-state index in [9.17, 15) is 4.79 Å². The van der Waals surface area contributed by atoms with Gasteiger partial charge in [-0.05, 0) is 44.9 Å². The van der Waals surface area contributed by atoms with Crippen molar-refractivity contribution in [2.24, 2.45) is 11.7 Å². The molecule has 0 aliphatic heterocycles. The van der Waals surface area contributed by atoms with Crippen molar-refractivity contribution >= 4 is 5.91 Å². The van der Waals surface area contributed by atoms with E-state index in [1.807, 2.05) is 6.92 Å². The Balaban J connectivity index is 1.52. The van der Waals surface area contributed by atoms with Crippen molar-refractivity contribution in [2.75, 3.05) is 0 Å². The molecule has 1 atom stereocenters. The zero-order chi connectivity index (χ0) is 15.6. The summed E-state index contributed by atoms with van der Waals surface area (Å²) in [6, 6.07) is -0.263. The highest BCUT2D eigenvalue weighted by Crippen LogP contribution is 2.37. The SMILES string of the molecule is CC(NC(=O)CC1CCCCC1)c1nc(C2(N)CCC2)no1. The van der Waals surface area contributed by atoms with Gasteiger partial charge in [0.25, 0.3) is 0 Å². The number of carbonyl (C=O) groups is 1. The quantitative estimate of drug-likeness (QED) is 0.872. The molecule has 2 aliphatic rings. The molecule has 1 amide bonds. The molecule has 1 heterocycles. The second-order valence-corrected chi connectivity index (χ2v) is 6.96. The van der Waals surface area contributed by atoms with Gasteiger partial charge in [-0.1, -0.05) is 24.4 Å². The summed E-state index contributed by atoms with van der Waals surface area (Å²) >= 11 is 0. The fraction of sp³-hybridized carbons (Fsp3) is 0.812. The van der Waals surface area contributed by atoms with Gasteiger partial charge < -0.3 is 15.6 Å². The van der Waals surface area contributed by atoms with Crippen molar-refractivity contribution in [3.8, 4) is 0 Å². The summed E-state index contributed by atoms with van der Waals surface area (Å²) in [5.41, 5.74) is 5.77. The van der Waals surface area contributed by atoms with Crippen LogP contribution in [-0.2, 0) is 10.3 Å². The Bertz CT molecular complexity index is 518.